The number of halogens is 3. The Morgan fingerprint density at radius 2 is 1.91 bits per heavy atom. The number of pyridine rings is 1. The first-order valence-electron chi connectivity index (χ1n) is 10.1. The summed E-state index contributed by atoms with van der Waals surface area (Å²) >= 11 is 0. The van der Waals surface area contributed by atoms with Crippen LogP contribution in [0.5, 0.6) is 5.88 Å². The lowest BCUT2D eigenvalue weighted by Gasteiger charge is -2.45. The number of nitrogens with zero attached hydrogens (tertiary/aromatic N) is 4. The van der Waals surface area contributed by atoms with E-state index in [0.29, 0.717) is 47.1 Å². The van der Waals surface area contributed by atoms with Crippen molar-refractivity contribution in [3.05, 3.63) is 46.9 Å². The number of ether oxygens (including phenoxy) is 1. The predicted octanol–water partition coefficient (Wildman–Crippen LogP) is 4.16. The molecule has 0 unspecified atom stereocenters. The number of fused-ring (bicyclic) bond motifs is 1. The Balaban J connectivity index is 1.75. The van der Waals surface area contributed by atoms with Gasteiger partial charge in [0.1, 0.15) is 17.0 Å². The van der Waals surface area contributed by atoms with Crippen molar-refractivity contribution in [3.63, 3.8) is 0 Å². The Kier molecular flexibility index (Phi) is 5.58. The molecule has 0 spiro atoms. The zero-order valence-corrected chi connectivity index (χ0v) is 18.2. The van der Waals surface area contributed by atoms with E-state index in [1.54, 1.807) is 20.8 Å². The maximum absolute atomic E-state index is 14.6. The Labute approximate surface area is 183 Å². The van der Waals surface area contributed by atoms with Crippen molar-refractivity contribution in [1.29, 1.82) is 0 Å². The molecule has 170 valence electrons. The van der Waals surface area contributed by atoms with Crippen LogP contribution >= 0.6 is 0 Å². The molecule has 1 fully saturated rings. The second-order valence-corrected chi connectivity index (χ2v) is 8.32. The maximum Gasteiger partial charge on any atom is 0.266 e. The Morgan fingerprint density at radius 1 is 1.22 bits per heavy atom. The lowest BCUT2D eigenvalue weighted by molar-refractivity contribution is 0.0307. The number of methoxy groups -OCH3 is 1. The molecule has 0 bridgehead atoms. The number of nitrogens with one attached hydrogen (secondary N) is 1. The minimum atomic E-state index is -2.91. The SMILES string of the molecule is COc1nc2c(C)nnc(N[C@H](C)c3cccc(C(F)F)c3F)c2cc1N1CC(C)(O)C1. The van der Waals surface area contributed by atoms with E-state index in [-0.39, 0.29) is 5.56 Å². The van der Waals surface area contributed by atoms with Crippen LogP contribution in [0.4, 0.5) is 24.7 Å². The fourth-order valence-electron chi connectivity index (χ4n) is 3.95. The van der Waals surface area contributed by atoms with Gasteiger partial charge in [0.2, 0.25) is 5.88 Å². The Morgan fingerprint density at radius 3 is 2.53 bits per heavy atom. The van der Waals surface area contributed by atoms with Crippen LogP contribution in [0.15, 0.2) is 24.3 Å². The van der Waals surface area contributed by atoms with E-state index in [2.05, 4.69) is 20.5 Å². The van der Waals surface area contributed by atoms with Gasteiger partial charge in [0.25, 0.3) is 6.43 Å². The molecule has 10 heteroatoms. The smallest absolute Gasteiger partial charge is 0.266 e. The van der Waals surface area contributed by atoms with Crippen molar-refractivity contribution in [3.8, 4) is 5.88 Å². The van der Waals surface area contributed by atoms with Crippen LogP contribution in [0.2, 0.25) is 0 Å². The third-order valence-corrected chi connectivity index (χ3v) is 5.58. The number of hydrogen-bond donors (Lipinski definition) is 2. The van der Waals surface area contributed by atoms with E-state index >= 15 is 0 Å². The third-order valence-electron chi connectivity index (χ3n) is 5.58. The number of aliphatic hydroxyl groups is 1. The van der Waals surface area contributed by atoms with E-state index < -0.39 is 29.4 Å². The average molecular weight is 447 g/mol. The highest BCUT2D eigenvalue weighted by molar-refractivity contribution is 5.94. The number of hydrogen-bond acceptors (Lipinski definition) is 7. The van der Waals surface area contributed by atoms with E-state index in [1.165, 1.54) is 19.2 Å². The van der Waals surface area contributed by atoms with Crippen molar-refractivity contribution in [2.24, 2.45) is 0 Å². The molecule has 0 saturated carbocycles. The summed E-state index contributed by atoms with van der Waals surface area (Å²) in [6.45, 7) is 5.99. The zero-order chi connectivity index (χ0) is 23.2. The van der Waals surface area contributed by atoms with E-state index in [1.807, 2.05) is 11.0 Å². The second kappa shape index (κ2) is 8.09. The van der Waals surface area contributed by atoms with Crippen molar-refractivity contribution in [2.75, 3.05) is 30.4 Å². The molecule has 1 saturated heterocycles. The Hall–Kier alpha value is -3.14. The molecule has 0 radical (unpaired) electrons. The quantitative estimate of drug-likeness (QED) is 0.587. The van der Waals surface area contributed by atoms with Gasteiger partial charge in [-0.05, 0) is 26.8 Å². The van der Waals surface area contributed by atoms with Crippen LogP contribution in [0.1, 0.15) is 43.1 Å². The molecule has 0 amide bonds. The molecule has 1 aliphatic rings. The minimum absolute atomic E-state index is 0.0961. The highest BCUT2D eigenvalue weighted by atomic mass is 19.3. The first-order valence-corrected chi connectivity index (χ1v) is 10.1. The zero-order valence-electron chi connectivity index (χ0n) is 18.2. The van der Waals surface area contributed by atoms with Gasteiger partial charge in [-0.3, -0.25) is 0 Å². The molecule has 3 aromatic rings. The maximum atomic E-state index is 14.6. The van der Waals surface area contributed by atoms with Gasteiger partial charge in [0.15, 0.2) is 5.82 Å². The van der Waals surface area contributed by atoms with Gasteiger partial charge in [0.05, 0.1) is 30.0 Å². The van der Waals surface area contributed by atoms with Gasteiger partial charge in [0, 0.05) is 24.0 Å². The van der Waals surface area contributed by atoms with Crippen LogP contribution in [-0.2, 0) is 0 Å². The number of benzene rings is 1. The van der Waals surface area contributed by atoms with Gasteiger partial charge < -0.3 is 20.1 Å². The van der Waals surface area contributed by atoms with Crippen LogP contribution in [0, 0.1) is 12.7 Å². The molecule has 2 aromatic heterocycles. The first kappa shape index (κ1) is 22.1. The molecule has 0 aliphatic carbocycles. The number of alkyl halides is 2. The van der Waals surface area contributed by atoms with E-state index in [9.17, 15) is 18.3 Å². The predicted molar refractivity (Wildman–Crippen MR) is 115 cm³/mol. The monoisotopic (exact) mass is 447 g/mol. The summed E-state index contributed by atoms with van der Waals surface area (Å²) in [5.74, 6) is -0.224. The van der Waals surface area contributed by atoms with Gasteiger partial charge in [-0.15, -0.1) is 5.10 Å². The molecule has 1 aliphatic heterocycles. The van der Waals surface area contributed by atoms with Crippen molar-refractivity contribution in [2.45, 2.75) is 38.8 Å². The number of anilines is 2. The molecule has 1 aromatic carbocycles. The van der Waals surface area contributed by atoms with Crippen LogP contribution in [0.25, 0.3) is 10.9 Å². The molecule has 7 nitrogen and oxygen atoms in total. The average Bonchev–Trinajstić information content (AvgIpc) is 2.73. The molecule has 32 heavy (non-hydrogen) atoms. The molecule has 2 N–H and O–H groups in total. The first-order chi connectivity index (χ1) is 15.1. The van der Waals surface area contributed by atoms with Crippen molar-refractivity contribution in [1.82, 2.24) is 15.2 Å². The summed E-state index contributed by atoms with van der Waals surface area (Å²) in [4.78, 5) is 6.51. The number of aryl methyl sites for hydroxylation is 1. The van der Waals surface area contributed by atoms with Gasteiger partial charge >= 0.3 is 0 Å². The molecular formula is C22H24F3N5O2. The highest BCUT2D eigenvalue weighted by Crippen LogP contribution is 2.38. The lowest BCUT2D eigenvalue weighted by atomic mass is 9.96. The summed E-state index contributed by atoms with van der Waals surface area (Å²) in [6, 6.07) is 5.10. The highest BCUT2D eigenvalue weighted by Gasteiger charge is 2.38. The fourth-order valence-corrected chi connectivity index (χ4v) is 3.95. The van der Waals surface area contributed by atoms with Crippen LogP contribution < -0.4 is 15.0 Å². The number of β-amino-alcohol motifs (C(OH)–C–C–N with tert-alkyl or cyclic N) is 1. The fraction of sp³-hybridized carbons (Fsp3) is 0.409. The molecule has 1 atom stereocenters. The minimum Gasteiger partial charge on any atom is -0.480 e. The van der Waals surface area contributed by atoms with Crippen LogP contribution in [0.3, 0.4) is 0 Å². The van der Waals surface area contributed by atoms with Gasteiger partial charge in [-0.1, -0.05) is 18.2 Å². The number of aromatic nitrogens is 3. The lowest BCUT2D eigenvalue weighted by Crippen LogP contribution is -2.60. The number of rotatable bonds is 6. The largest absolute Gasteiger partial charge is 0.480 e. The Bertz CT molecular complexity index is 1160. The summed E-state index contributed by atoms with van der Waals surface area (Å²) in [7, 11) is 1.51. The summed E-state index contributed by atoms with van der Waals surface area (Å²) < 4.78 is 46.3. The summed E-state index contributed by atoms with van der Waals surface area (Å²) in [5.41, 5.74) is 0.456. The van der Waals surface area contributed by atoms with Crippen LogP contribution in [-0.4, -0.2) is 46.1 Å². The topological polar surface area (TPSA) is 83.4 Å². The third kappa shape index (κ3) is 3.90. The molecular weight excluding hydrogens is 423 g/mol. The van der Waals surface area contributed by atoms with E-state index in [4.69, 9.17) is 4.74 Å². The molecule has 4 rings (SSSR count). The normalized spacial score (nSPS) is 16.2. The standard InChI is InChI=1S/C22H24F3N5O2/c1-11(13-6-5-7-14(17(13)23)19(24)25)26-20-15-8-16(30-9-22(3,31)10-30)21(32-4)27-18(15)12(2)28-29-20/h5-8,11,19,31H,9-10H2,1-4H3,(H,26,29)/t11-/m1/s1. The summed E-state index contributed by atoms with van der Waals surface area (Å²) in [5, 5.41) is 22.2. The van der Waals surface area contributed by atoms with Crippen molar-refractivity contribution >= 4 is 22.4 Å². The van der Waals surface area contributed by atoms with E-state index in [0.717, 1.165) is 6.07 Å². The van der Waals surface area contributed by atoms with Gasteiger partial charge in [-0.25, -0.2) is 18.2 Å². The van der Waals surface area contributed by atoms with Crippen molar-refractivity contribution < 1.29 is 23.0 Å². The van der Waals surface area contributed by atoms with Gasteiger partial charge in [-0.2, -0.15) is 5.10 Å². The second-order valence-electron chi connectivity index (χ2n) is 8.32. The molecule has 3 heterocycles. The summed E-state index contributed by atoms with van der Waals surface area (Å²) in [6.07, 6.45) is -2.91.